The van der Waals surface area contributed by atoms with Crippen LogP contribution in [0.3, 0.4) is 0 Å². The minimum atomic E-state index is -0.819. The Hall–Kier alpha value is -3.22. The molecule has 3 unspecified atom stereocenters. The first-order chi connectivity index (χ1) is 27.5. The van der Waals surface area contributed by atoms with E-state index >= 15 is 0 Å². The Balaban J connectivity index is 4.89. The van der Waals surface area contributed by atoms with Gasteiger partial charge in [-0.05, 0) is 57.8 Å². The number of amides is 1. The van der Waals surface area contributed by atoms with Crippen LogP contribution in [-0.4, -0.2) is 46.9 Å². The second kappa shape index (κ2) is 42.9. The molecule has 0 rings (SSSR count). The smallest absolute Gasteiger partial charge is 0.306 e. The first-order valence-corrected chi connectivity index (χ1v) is 22.5. The van der Waals surface area contributed by atoms with E-state index in [0.717, 1.165) is 51.4 Å². The number of carbonyl (C=O) groups is 2. The molecule has 0 aromatic carbocycles. The Morgan fingerprint density at radius 1 is 0.554 bits per heavy atom. The summed E-state index contributed by atoms with van der Waals surface area (Å²) in [5.41, 5.74) is 0. The lowest BCUT2D eigenvalue weighted by molar-refractivity contribution is -0.150. The Labute approximate surface area is 344 Å². The zero-order valence-corrected chi connectivity index (χ0v) is 36.0. The van der Waals surface area contributed by atoms with Crippen LogP contribution in [0.2, 0.25) is 0 Å². The summed E-state index contributed by atoms with van der Waals surface area (Å²) < 4.78 is 5.82. The molecule has 0 radical (unpaired) electrons. The van der Waals surface area contributed by atoms with Crippen LogP contribution in [0.5, 0.6) is 0 Å². The van der Waals surface area contributed by atoms with Crippen molar-refractivity contribution in [2.45, 2.75) is 200 Å². The van der Waals surface area contributed by atoms with Gasteiger partial charge >= 0.3 is 5.97 Å². The molecular weight excluding hydrogens is 695 g/mol. The molecule has 6 heteroatoms. The minimum Gasteiger partial charge on any atom is -0.462 e. The number of esters is 1. The van der Waals surface area contributed by atoms with Gasteiger partial charge in [-0.25, -0.2) is 0 Å². The summed E-state index contributed by atoms with van der Waals surface area (Å²) in [5.74, 6) is -0.643. The molecule has 6 nitrogen and oxygen atoms in total. The summed E-state index contributed by atoms with van der Waals surface area (Å²) in [6.45, 7) is 6.24. The van der Waals surface area contributed by atoms with Gasteiger partial charge in [-0.15, -0.1) is 0 Å². The predicted molar refractivity (Wildman–Crippen MR) is 240 cm³/mol. The quantitative estimate of drug-likeness (QED) is 0.0251. The van der Waals surface area contributed by atoms with Gasteiger partial charge in [-0.1, -0.05) is 208 Å². The first-order valence-electron chi connectivity index (χ1n) is 22.5. The Morgan fingerprint density at radius 3 is 1.62 bits per heavy atom. The standard InChI is InChI=1S/C50H83NO5/c1-4-7-10-13-16-19-21-23-24-26-27-30-32-35-38-41-46(56-50(55)43-40-37-34-31-28-25-22-20-17-14-11-8-5-2)44-49(54)51-47(45-52)48(53)42-39-36-33-29-18-15-12-9-6-3/h7,10,13,16,19,21,23-28,30,32,34,37,46-48,52-53H,4-6,8-9,11-12,14-15,17-18,20,22,29,31,33,35-36,38-45H2,1-3H3,(H,51,54)/b10-7-,16-13+,21-19+,24-23-,27-26+,28-25-,32-30+,37-34+. The van der Waals surface area contributed by atoms with Gasteiger partial charge in [-0.2, -0.15) is 0 Å². The molecule has 0 aliphatic heterocycles. The zero-order chi connectivity index (χ0) is 41.0. The van der Waals surface area contributed by atoms with Crippen molar-refractivity contribution >= 4 is 11.9 Å². The van der Waals surface area contributed by atoms with E-state index in [1.165, 1.54) is 77.0 Å². The number of rotatable bonds is 38. The summed E-state index contributed by atoms with van der Waals surface area (Å²) in [5, 5.41) is 23.5. The number of hydrogen-bond donors (Lipinski definition) is 3. The highest BCUT2D eigenvalue weighted by Gasteiger charge is 2.23. The number of allylic oxidation sites excluding steroid dienone is 16. The molecule has 0 aliphatic rings. The molecule has 0 bridgehead atoms. The van der Waals surface area contributed by atoms with E-state index in [2.05, 4.69) is 56.5 Å². The Bertz CT molecular complexity index is 1140. The zero-order valence-electron chi connectivity index (χ0n) is 36.0. The molecule has 0 aromatic heterocycles. The normalized spacial score (nSPS) is 14.3. The number of unbranched alkanes of at least 4 members (excludes halogenated alkanes) is 15. The van der Waals surface area contributed by atoms with Crippen LogP contribution in [0, 0.1) is 0 Å². The van der Waals surface area contributed by atoms with Gasteiger partial charge in [0.1, 0.15) is 6.10 Å². The Kier molecular flexibility index (Phi) is 40.4. The topological polar surface area (TPSA) is 95.9 Å². The largest absolute Gasteiger partial charge is 0.462 e. The fourth-order valence-corrected chi connectivity index (χ4v) is 6.17. The van der Waals surface area contributed by atoms with Gasteiger partial charge in [0, 0.05) is 6.42 Å². The van der Waals surface area contributed by atoms with E-state index in [9.17, 15) is 19.8 Å². The summed E-state index contributed by atoms with van der Waals surface area (Å²) in [4.78, 5) is 25.9. The fourth-order valence-electron chi connectivity index (χ4n) is 6.17. The molecule has 1 amide bonds. The number of hydrogen-bond acceptors (Lipinski definition) is 5. The highest BCUT2D eigenvalue weighted by molar-refractivity contribution is 5.77. The molecule has 0 spiro atoms. The van der Waals surface area contributed by atoms with Crippen LogP contribution >= 0.6 is 0 Å². The molecule has 0 aliphatic carbocycles. The summed E-state index contributed by atoms with van der Waals surface area (Å²) in [7, 11) is 0. The molecule has 0 saturated carbocycles. The highest BCUT2D eigenvalue weighted by Crippen LogP contribution is 2.15. The first kappa shape index (κ1) is 52.8. The van der Waals surface area contributed by atoms with Crippen molar-refractivity contribution in [1.29, 1.82) is 0 Å². The number of nitrogens with one attached hydrogen (secondary N) is 1. The molecule has 3 atom stereocenters. The van der Waals surface area contributed by atoms with Crippen molar-refractivity contribution in [2.75, 3.05) is 6.61 Å². The molecule has 0 saturated heterocycles. The van der Waals surface area contributed by atoms with Crippen LogP contribution in [0.1, 0.15) is 181 Å². The van der Waals surface area contributed by atoms with Crippen molar-refractivity contribution in [1.82, 2.24) is 5.32 Å². The van der Waals surface area contributed by atoms with Crippen molar-refractivity contribution in [3.63, 3.8) is 0 Å². The van der Waals surface area contributed by atoms with E-state index in [0.29, 0.717) is 19.3 Å². The third-order valence-electron chi connectivity index (χ3n) is 9.57. The van der Waals surface area contributed by atoms with Crippen molar-refractivity contribution in [3.8, 4) is 0 Å². The average Bonchev–Trinajstić information content (AvgIpc) is 3.19. The van der Waals surface area contributed by atoms with Crippen LogP contribution in [-0.2, 0) is 14.3 Å². The van der Waals surface area contributed by atoms with Crippen LogP contribution in [0.15, 0.2) is 97.2 Å². The summed E-state index contributed by atoms with van der Waals surface area (Å²) >= 11 is 0. The average molecular weight is 778 g/mol. The number of aliphatic hydroxyl groups is 2. The maximum Gasteiger partial charge on any atom is 0.306 e. The van der Waals surface area contributed by atoms with E-state index < -0.39 is 18.2 Å². The van der Waals surface area contributed by atoms with Gasteiger partial charge in [-0.3, -0.25) is 9.59 Å². The van der Waals surface area contributed by atoms with Gasteiger partial charge < -0.3 is 20.3 Å². The van der Waals surface area contributed by atoms with E-state index in [1.54, 1.807) is 0 Å². The monoisotopic (exact) mass is 778 g/mol. The van der Waals surface area contributed by atoms with Gasteiger partial charge in [0.2, 0.25) is 5.91 Å². The van der Waals surface area contributed by atoms with Gasteiger partial charge in [0.25, 0.3) is 0 Å². The maximum atomic E-state index is 13.1. The molecule has 0 aromatic rings. The molecule has 318 valence electrons. The number of aliphatic hydroxyl groups excluding tert-OH is 2. The van der Waals surface area contributed by atoms with E-state index in [-0.39, 0.29) is 31.3 Å². The fraction of sp³-hybridized carbons (Fsp3) is 0.640. The third-order valence-corrected chi connectivity index (χ3v) is 9.57. The van der Waals surface area contributed by atoms with Crippen molar-refractivity contribution < 1.29 is 24.5 Å². The molecular formula is C50H83NO5. The molecule has 56 heavy (non-hydrogen) atoms. The lowest BCUT2D eigenvalue weighted by atomic mass is 10.0. The highest BCUT2D eigenvalue weighted by atomic mass is 16.5. The second-order valence-electron chi connectivity index (χ2n) is 14.9. The van der Waals surface area contributed by atoms with Crippen LogP contribution in [0.25, 0.3) is 0 Å². The van der Waals surface area contributed by atoms with Crippen LogP contribution < -0.4 is 5.32 Å². The third kappa shape index (κ3) is 37.7. The predicted octanol–water partition coefficient (Wildman–Crippen LogP) is 13.0. The minimum absolute atomic E-state index is 0.00175. The van der Waals surface area contributed by atoms with E-state index in [1.807, 2.05) is 66.8 Å². The van der Waals surface area contributed by atoms with Crippen molar-refractivity contribution in [3.05, 3.63) is 97.2 Å². The van der Waals surface area contributed by atoms with E-state index in [4.69, 9.17) is 4.74 Å². The SMILES string of the molecule is CC\C=C/C=C/C=C/C=C\C=C\C=C\CCCC(CC(=O)NC(CO)C(O)CCCCCCCCCCC)OC(=O)CC/C=C/C/C=C\CCCCCCCC. The lowest BCUT2D eigenvalue weighted by Crippen LogP contribution is -2.46. The summed E-state index contributed by atoms with van der Waals surface area (Å²) in [6, 6.07) is -0.739. The van der Waals surface area contributed by atoms with Gasteiger partial charge in [0.05, 0.1) is 25.2 Å². The lowest BCUT2D eigenvalue weighted by Gasteiger charge is -2.24. The Morgan fingerprint density at radius 2 is 1.05 bits per heavy atom. The van der Waals surface area contributed by atoms with Crippen LogP contribution in [0.4, 0.5) is 0 Å². The maximum absolute atomic E-state index is 13.1. The molecule has 0 fully saturated rings. The number of ether oxygens (including phenoxy) is 1. The molecule has 0 heterocycles. The molecule has 3 N–H and O–H groups in total. The number of carbonyl (C=O) groups excluding carboxylic acids is 2. The van der Waals surface area contributed by atoms with Gasteiger partial charge in [0.15, 0.2) is 0 Å². The van der Waals surface area contributed by atoms with Crippen molar-refractivity contribution in [2.24, 2.45) is 0 Å². The summed E-state index contributed by atoms with van der Waals surface area (Å²) in [6.07, 6.45) is 56.2. The second-order valence-corrected chi connectivity index (χ2v) is 14.9.